The number of hydrogen-bond donors (Lipinski definition) is 1. The largest absolute Gasteiger partial charge is 0.392 e. The molecule has 2 aromatic carbocycles. The van der Waals surface area contributed by atoms with E-state index in [4.69, 9.17) is 0 Å². The van der Waals surface area contributed by atoms with Crippen molar-refractivity contribution in [1.29, 1.82) is 0 Å². The zero-order valence-corrected chi connectivity index (χ0v) is 9.64. The molecule has 1 heterocycles. The lowest BCUT2D eigenvalue weighted by Gasteiger charge is -2.09. The minimum atomic E-state index is 0.0446. The molecule has 2 heteroatoms. The van der Waals surface area contributed by atoms with E-state index in [-0.39, 0.29) is 6.61 Å². The molecule has 0 saturated carbocycles. The summed E-state index contributed by atoms with van der Waals surface area (Å²) in [4.78, 5) is 4.62. The van der Waals surface area contributed by atoms with Crippen LogP contribution in [-0.4, -0.2) is 10.1 Å². The van der Waals surface area contributed by atoms with E-state index >= 15 is 0 Å². The minimum Gasteiger partial charge on any atom is -0.392 e. The van der Waals surface area contributed by atoms with Gasteiger partial charge in [-0.25, -0.2) is 4.98 Å². The molecule has 0 aliphatic carbocycles. The van der Waals surface area contributed by atoms with Gasteiger partial charge in [-0.1, -0.05) is 29.8 Å². The van der Waals surface area contributed by atoms with Gasteiger partial charge in [-0.2, -0.15) is 0 Å². The summed E-state index contributed by atoms with van der Waals surface area (Å²) in [5, 5.41) is 11.7. The molecule has 0 atom stereocenters. The highest BCUT2D eigenvalue weighted by Crippen LogP contribution is 2.26. The van der Waals surface area contributed by atoms with Crippen molar-refractivity contribution in [1.82, 2.24) is 4.98 Å². The van der Waals surface area contributed by atoms with Crippen molar-refractivity contribution in [3.63, 3.8) is 0 Å². The Kier molecular flexibility index (Phi) is 2.30. The van der Waals surface area contributed by atoms with Crippen molar-refractivity contribution < 1.29 is 5.11 Å². The van der Waals surface area contributed by atoms with Gasteiger partial charge in [-0.15, -0.1) is 0 Å². The standard InChI is InChI=1S/C15H13NO/c1-10-6-7-15-12(8-10)13(9-17)11-4-2-3-5-14(11)16-15/h2-8,17H,9H2,1H3. The van der Waals surface area contributed by atoms with Crippen LogP contribution in [-0.2, 0) is 6.61 Å². The van der Waals surface area contributed by atoms with Gasteiger partial charge in [0.25, 0.3) is 0 Å². The van der Waals surface area contributed by atoms with Gasteiger partial charge in [0.2, 0.25) is 0 Å². The number of benzene rings is 2. The second kappa shape index (κ2) is 3.82. The van der Waals surface area contributed by atoms with Crippen molar-refractivity contribution in [3.05, 3.63) is 53.6 Å². The third-order valence-electron chi connectivity index (χ3n) is 3.11. The van der Waals surface area contributed by atoms with Gasteiger partial charge >= 0.3 is 0 Å². The Labute approximate surface area is 99.5 Å². The molecule has 84 valence electrons. The predicted octanol–water partition coefficient (Wildman–Crippen LogP) is 3.19. The first-order chi connectivity index (χ1) is 8.29. The average molecular weight is 223 g/mol. The molecule has 3 aromatic rings. The maximum Gasteiger partial charge on any atom is 0.0713 e. The number of hydrogen-bond acceptors (Lipinski definition) is 2. The van der Waals surface area contributed by atoms with Crippen LogP contribution in [0.25, 0.3) is 21.8 Å². The molecule has 0 aliphatic heterocycles. The number of pyridine rings is 1. The van der Waals surface area contributed by atoms with E-state index in [1.165, 1.54) is 5.56 Å². The average Bonchev–Trinajstić information content (AvgIpc) is 2.36. The molecule has 2 nitrogen and oxygen atoms in total. The first-order valence-electron chi connectivity index (χ1n) is 5.68. The second-order valence-electron chi connectivity index (χ2n) is 4.29. The van der Waals surface area contributed by atoms with Crippen LogP contribution in [0.1, 0.15) is 11.1 Å². The van der Waals surface area contributed by atoms with E-state index in [2.05, 4.69) is 18.0 Å². The number of para-hydroxylation sites is 1. The summed E-state index contributed by atoms with van der Waals surface area (Å²) in [6, 6.07) is 14.1. The maximum atomic E-state index is 9.60. The number of aryl methyl sites for hydroxylation is 1. The molecular weight excluding hydrogens is 210 g/mol. The van der Waals surface area contributed by atoms with Crippen molar-refractivity contribution in [2.75, 3.05) is 0 Å². The van der Waals surface area contributed by atoms with Crippen LogP contribution in [0.3, 0.4) is 0 Å². The molecule has 0 radical (unpaired) electrons. The van der Waals surface area contributed by atoms with Crippen LogP contribution in [0.15, 0.2) is 42.5 Å². The Morgan fingerprint density at radius 2 is 1.76 bits per heavy atom. The van der Waals surface area contributed by atoms with Gasteiger partial charge in [-0.3, -0.25) is 0 Å². The zero-order valence-electron chi connectivity index (χ0n) is 9.64. The highest BCUT2D eigenvalue weighted by molar-refractivity contribution is 5.97. The van der Waals surface area contributed by atoms with Crippen LogP contribution in [0.2, 0.25) is 0 Å². The van der Waals surface area contributed by atoms with E-state index in [9.17, 15) is 5.11 Å². The Morgan fingerprint density at radius 1 is 1.00 bits per heavy atom. The van der Waals surface area contributed by atoms with Crippen molar-refractivity contribution in [2.24, 2.45) is 0 Å². The number of nitrogens with zero attached hydrogens (tertiary/aromatic N) is 1. The van der Waals surface area contributed by atoms with E-state index < -0.39 is 0 Å². The van der Waals surface area contributed by atoms with Crippen molar-refractivity contribution in [3.8, 4) is 0 Å². The predicted molar refractivity (Wildman–Crippen MR) is 69.9 cm³/mol. The normalized spacial score (nSPS) is 11.2. The van der Waals surface area contributed by atoms with E-state index in [1.54, 1.807) is 0 Å². The van der Waals surface area contributed by atoms with Gasteiger partial charge in [0.1, 0.15) is 0 Å². The summed E-state index contributed by atoms with van der Waals surface area (Å²) >= 11 is 0. The van der Waals surface area contributed by atoms with E-state index in [0.717, 1.165) is 27.4 Å². The van der Waals surface area contributed by atoms with Crippen LogP contribution < -0.4 is 0 Å². The molecule has 1 aromatic heterocycles. The summed E-state index contributed by atoms with van der Waals surface area (Å²) in [7, 11) is 0. The first-order valence-corrected chi connectivity index (χ1v) is 5.68. The van der Waals surface area contributed by atoms with Gasteiger partial charge < -0.3 is 5.11 Å². The van der Waals surface area contributed by atoms with Gasteiger partial charge in [-0.05, 0) is 30.7 Å². The second-order valence-corrected chi connectivity index (χ2v) is 4.29. The Bertz CT molecular complexity index is 704. The molecule has 0 aliphatic rings. The lowest BCUT2D eigenvalue weighted by atomic mass is 10.0. The SMILES string of the molecule is Cc1ccc2nc3ccccc3c(CO)c2c1. The first kappa shape index (κ1) is 10.2. The molecule has 0 fully saturated rings. The summed E-state index contributed by atoms with van der Waals surface area (Å²) in [5.74, 6) is 0. The summed E-state index contributed by atoms with van der Waals surface area (Å²) in [5.41, 5.74) is 4.03. The third kappa shape index (κ3) is 1.58. The fourth-order valence-electron chi connectivity index (χ4n) is 2.26. The summed E-state index contributed by atoms with van der Waals surface area (Å²) in [6.07, 6.45) is 0. The third-order valence-corrected chi connectivity index (χ3v) is 3.11. The van der Waals surface area contributed by atoms with Crippen LogP contribution in [0, 0.1) is 6.92 Å². The Morgan fingerprint density at radius 3 is 2.59 bits per heavy atom. The molecular formula is C15H13NO. The lowest BCUT2D eigenvalue weighted by molar-refractivity contribution is 0.285. The molecule has 1 N–H and O–H groups in total. The number of aliphatic hydroxyl groups is 1. The Balaban J connectivity index is 2.54. The number of rotatable bonds is 1. The molecule has 0 saturated heterocycles. The number of aliphatic hydroxyl groups excluding tert-OH is 1. The minimum absolute atomic E-state index is 0.0446. The van der Waals surface area contributed by atoms with Crippen LogP contribution in [0.4, 0.5) is 0 Å². The van der Waals surface area contributed by atoms with Crippen LogP contribution >= 0.6 is 0 Å². The Hall–Kier alpha value is -1.93. The maximum absolute atomic E-state index is 9.60. The van der Waals surface area contributed by atoms with Gasteiger partial charge in [0, 0.05) is 10.8 Å². The highest BCUT2D eigenvalue weighted by atomic mass is 16.3. The molecule has 0 amide bonds. The molecule has 0 unspecified atom stereocenters. The number of fused-ring (bicyclic) bond motifs is 2. The van der Waals surface area contributed by atoms with E-state index in [0.29, 0.717) is 0 Å². The topological polar surface area (TPSA) is 33.1 Å². The smallest absolute Gasteiger partial charge is 0.0713 e. The van der Waals surface area contributed by atoms with E-state index in [1.807, 2.05) is 36.4 Å². The fraction of sp³-hybridized carbons (Fsp3) is 0.133. The molecule has 0 spiro atoms. The molecule has 17 heavy (non-hydrogen) atoms. The summed E-state index contributed by atoms with van der Waals surface area (Å²) < 4.78 is 0. The zero-order chi connectivity index (χ0) is 11.8. The van der Waals surface area contributed by atoms with Crippen LogP contribution in [0.5, 0.6) is 0 Å². The fourth-order valence-corrected chi connectivity index (χ4v) is 2.26. The van der Waals surface area contributed by atoms with Crippen molar-refractivity contribution >= 4 is 21.8 Å². The summed E-state index contributed by atoms with van der Waals surface area (Å²) in [6.45, 7) is 2.10. The van der Waals surface area contributed by atoms with Gasteiger partial charge in [0.15, 0.2) is 0 Å². The number of aromatic nitrogens is 1. The quantitative estimate of drug-likeness (QED) is 0.643. The van der Waals surface area contributed by atoms with Gasteiger partial charge in [0.05, 0.1) is 17.6 Å². The lowest BCUT2D eigenvalue weighted by Crippen LogP contribution is -1.92. The molecule has 3 rings (SSSR count). The van der Waals surface area contributed by atoms with Crippen molar-refractivity contribution in [2.45, 2.75) is 13.5 Å². The monoisotopic (exact) mass is 223 g/mol. The molecule has 0 bridgehead atoms. The highest BCUT2D eigenvalue weighted by Gasteiger charge is 2.07.